The van der Waals surface area contributed by atoms with Crippen LogP contribution in [0.1, 0.15) is 32.6 Å². The molecule has 1 fully saturated rings. The van der Waals surface area contributed by atoms with Crippen LogP contribution >= 0.6 is 0 Å². The molecule has 0 saturated heterocycles. The van der Waals surface area contributed by atoms with E-state index in [9.17, 15) is 0 Å². The van der Waals surface area contributed by atoms with E-state index in [0.717, 1.165) is 24.0 Å². The van der Waals surface area contributed by atoms with E-state index in [2.05, 4.69) is 27.5 Å². The summed E-state index contributed by atoms with van der Waals surface area (Å²) in [6, 6.07) is 0. The second-order valence-corrected chi connectivity index (χ2v) is 5.57. The summed E-state index contributed by atoms with van der Waals surface area (Å²) >= 11 is 0. The minimum Gasteiger partial charge on any atom is -0.479 e. The summed E-state index contributed by atoms with van der Waals surface area (Å²) in [5.41, 5.74) is 1.05. The lowest BCUT2D eigenvalue weighted by atomic mass is 9.75. The van der Waals surface area contributed by atoms with Gasteiger partial charge in [-0.25, -0.2) is 4.98 Å². The minimum absolute atomic E-state index is 0.157. The van der Waals surface area contributed by atoms with Crippen LogP contribution in [-0.4, -0.2) is 29.2 Å². The van der Waals surface area contributed by atoms with Crippen molar-refractivity contribution in [2.45, 2.75) is 38.1 Å². The van der Waals surface area contributed by atoms with Crippen LogP contribution in [-0.2, 0) is 0 Å². The van der Waals surface area contributed by atoms with E-state index >= 15 is 0 Å². The van der Waals surface area contributed by atoms with Crippen LogP contribution < -0.4 is 15.4 Å². The molecule has 1 aromatic heterocycles. The molecule has 1 aromatic rings. The van der Waals surface area contributed by atoms with E-state index in [1.807, 2.05) is 0 Å². The molecule has 2 aliphatic rings. The van der Waals surface area contributed by atoms with Gasteiger partial charge in [-0.05, 0) is 18.8 Å². The van der Waals surface area contributed by atoms with Gasteiger partial charge < -0.3 is 15.4 Å². The summed E-state index contributed by atoms with van der Waals surface area (Å²) in [4.78, 5) is 8.46. The molecule has 3 rings (SSSR count). The molecule has 1 saturated carbocycles. The average Bonchev–Trinajstić information content (AvgIpc) is 2.37. The Labute approximate surface area is 107 Å². The first-order valence-corrected chi connectivity index (χ1v) is 6.63. The van der Waals surface area contributed by atoms with Crippen molar-refractivity contribution in [3.8, 4) is 5.88 Å². The Balaban J connectivity index is 1.89. The van der Waals surface area contributed by atoms with E-state index in [4.69, 9.17) is 4.74 Å². The largest absolute Gasteiger partial charge is 0.479 e. The molecule has 98 valence electrons. The van der Waals surface area contributed by atoms with Crippen molar-refractivity contribution < 1.29 is 4.74 Å². The molecule has 0 bridgehead atoms. The summed E-state index contributed by atoms with van der Waals surface area (Å²) in [7, 11) is 1.64. The number of aromatic nitrogens is 2. The molecule has 5 nitrogen and oxygen atoms in total. The van der Waals surface area contributed by atoms with Gasteiger partial charge in [-0.2, -0.15) is 4.98 Å². The fourth-order valence-electron chi connectivity index (χ4n) is 3.27. The summed E-state index contributed by atoms with van der Waals surface area (Å²) in [6.45, 7) is 3.26. The van der Waals surface area contributed by atoms with Gasteiger partial charge in [0, 0.05) is 6.54 Å². The smallest absolute Gasteiger partial charge is 0.242 e. The van der Waals surface area contributed by atoms with Crippen LogP contribution in [0.15, 0.2) is 6.33 Å². The van der Waals surface area contributed by atoms with Crippen molar-refractivity contribution in [3.63, 3.8) is 0 Å². The van der Waals surface area contributed by atoms with Crippen molar-refractivity contribution in [2.24, 2.45) is 5.92 Å². The molecule has 2 unspecified atom stereocenters. The number of nitrogens with zero attached hydrogens (tertiary/aromatic N) is 2. The molecular weight excluding hydrogens is 228 g/mol. The summed E-state index contributed by atoms with van der Waals surface area (Å²) in [6.07, 6.45) is 6.58. The van der Waals surface area contributed by atoms with Gasteiger partial charge in [0.1, 0.15) is 12.0 Å². The van der Waals surface area contributed by atoms with Crippen molar-refractivity contribution in [2.75, 3.05) is 24.3 Å². The SMILES string of the molecule is COc1ncnc2c1NCC1(CCCC(C)C1)N2. The number of nitrogens with one attached hydrogen (secondary N) is 2. The van der Waals surface area contributed by atoms with Crippen LogP contribution in [0.4, 0.5) is 11.5 Å². The number of rotatable bonds is 1. The van der Waals surface area contributed by atoms with E-state index in [1.165, 1.54) is 25.7 Å². The summed E-state index contributed by atoms with van der Waals surface area (Å²) < 4.78 is 5.26. The summed E-state index contributed by atoms with van der Waals surface area (Å²) in [5.74, 6) is 2.27. The van der Waals surface area contributed by atoms with Crippen molar-refractivity contribution in [1.82, 2.24) is 9.97 Å². The molecule has 5 heteroatoms. The predicted molar refractivity (Wildman–Crippen MR) is 71.1 cm³/mol. The number of hydrogen-bond acceptors (Lipinski definition) is 5. The lowest BCUT2D eigenvalue weighted by Gasteiger charge is -2.44. The zero-order chi connectivity index (χ0) is 12.6. The van der Waals surface area contributed by atoms with Crippen LogP contribution in [0.3, 0.4) is 0 Å². The third kappa shape index (κ3) is 1.87. The Kier molecular flexibility index (Phi) is 2.76. The molecular formula is C13H20N4O. The first-order chi connectivity index (χ1) is 8.72. The number of fused-ring (bicyclic) bond motifs is 1. The Bertz CT molecular complexity index is 451. The molecule has 2 atom stereocenters. The van der Waals surface area contributed by atoms with Gasteiger partial charge >= 0.3 is 0 Å². The molecule has 0 amide bonds. The zero-order valence-electron chi connectivity index (χ0n) is 11.0. The Hall–Kier alpha value is -1.52. The van der Waals surface area contributed by atoms with E-state index in [-0.39, 0.29) is 5.54 Å². The van der Waals surface area contributed by atoms with Crippen molar-refractivity contribution in [1.29, 1.82) is 0 Å². The number of anilines is 2. The highest BCUT2D eigenvalue weighted by molar-refractivity contribution is 5.73. The normalized spacial score (nSPS) is 30.2. The van der Waals surface area contributed by atoms with Crippen LogP contribution in [0.25, 0.3) is 0 Å². The molecule has 1 aliphatic heterocycles. The third-order valence-corrected chi connectivity index (χ3v) is 4.08. The van der Waals surface area contributed by atoms with Crippen LogP contribution in [0.2, 0.25) is 0 Å². The van der Waals surface area contributed by atoms with Gasteiger partial charge in [0.05, 0.1) is 12.6 Å². The van der Waals surface area contributed by atoms with Gasteiger partial charge in [0.25, 0.3) is 0 Å². The maximum atomic E-state index is 5.26. The number of methoxy groups -OCH3 is 1. The van der Waals surface area contributed by atoms with E-state index in [1.54, 1.807) is 13.4 Å². The molecule has 2 N–H and O–H groups in total. The molecule has 18 heavy (non-hydrogen) atoms. The lowest BCUT2D eigenvalue weighted by Crippen LogP contribution is -2.51. The Morgan fingerprint density at radius 3 is 3.11 bits per heavy atom. The molecule has 2 heterocycles. The van der Waals surface area contributed by atoms with Crippen molar-refractivity contribution in [3.05, 3.63) is 6.33 Å². The monoisotopic (exact) mass is 248 g/mol. The van der Waals surface area contributed by atoms with Crippen LogP contribution in [0, 0.1) is 5.92 Å². The molecule has 0 aromatic carbocycles. The fourth-order valence-corrected chi connectivity index (χ4v) is 3.27. The third-order valence-electron chi connectivity index (χ3n) is 4.08. The Morgan fingerprint density at radius 2 is 2.33 bits per heavy atom. The highest BCUT2D eigenvalue weighted by Crippen LogP contribution is 2.41. The topological polar surface area (TPSA) is 59.1 Å². The molecule has 1 spiro atoms. The van der Waals surface area contributed by atoms with Crippen LogP contribution in [0.5, 0.6) is 5.88 Å². The van der Waals surface area contributed by atoms with Gasteiger partial charge in [-0.1, -0.05) is 19.8 Å². The second kappa shape index (κ2) is 4.30. The van der Waals surface area contributed by atoms with Gasteiger partial charge in [0.15, 0.2) is 5.82 Å². The van der Waals surface area contributed by atoms with E-state index < -0.39 is 0 Å². The maximum Gasteiger partial charge on any atom is 0.242 e. The quantitative estimate of drug-likeness (QED) is 0.798. The van der Waals surface area contributed by atoms with Gasteiger partial charge in [0.2, 0.25) is 5.88 Å². The van der Waals surface area contributed by atoms with Crippen molar-refractivity contribution >= 4 is 11.5 Å². The summed E-state index contributed by atoms with van der Waals surface area (Å²) in [5, 5.41) is 7.07. The Morgan fingerprint density at radius 1 is 1.44 bits per heavy atom. The number of ether oxygens (including phenoxy) is 1. The minimum atomic E-state index is 0.157. The lowest BCUT2D eigenvalue weighted by molar-refractivity contribution is 0.265. The first-order valence-electron chi connectivity index (χ1n) is 6.63. The fraction of sp³-hybridized carbons (Fsp3) is 0.692. The maximum absolute atomic E-state index is 5.26. The van der Waals surface area contributed by atoms with E-state index in [0.29, 0.717) is 5.88 Å². The van der Waals surface area contributed by atoms with Gasteiger partial charge in [-0.15, -0.1) is 0 Å². The molecule has 1 aliphatic carbocycles. The standard InChI is InChI=1S/C13H20N4O/c1-9-4-3-5-13(6-9)7-14-10-11(17-13)15-8-16-12(10)18-2/h8-9,14H,3-7H2,1-2H3,(H,15,16,17). The molecule has 0 radical (unpaired) electrons. The predicted octanol–water partition coefficient (Wildman–Crippen LogP) is 2.27. The zero-order valence-corrected chi connectivity index (χ0v) is 11.0. The average molecular weight is 248 g/mol. The highest BCUT2D eigenvalue weighted by atomic mass is 16.5. The number of hydrogen-bond donors (Lipinski definition) is 2. The first kappa shape index (κ1) is 11.6. The highest BCUT2D eigenvalue weighted by Gasteiger charge is 2.39. The van der Waals surface area contributed by atoms with Gasteiger partial charge in [-0.3, -0.25) is 0 Å². The second-order valence-electron chi connectivity index (χ2n) is 5.57.